The first kappa shape index (κ1) is 47.1. The highest BCUT2D eigenvalue weighted by molar-refractivity contribution is 5.76. The SMILES string of the molecule is CCCCCCCCCCCCCCCCCCCCCCCCCC/C=C/C(O)C(CO)NC(=O)CCCCCCCCCCCC. The average molecular weight is 678 g/mol. The first-order chi connectivity index (χ1) is 23.7. The van der Waals surface area contributed by atoms with Crippen molar-refractivity contribution in [2.75, 3.05) is 6.61 Å². The molecule has 0 rings (SSSR count). The van der Waals surface area contributed by atoms with Gasteiger partial charge in [-0.1, -0.05) is 231 Å². The van der Waals surface area contributed by atoms with Crippen molar-refractivity contribution in [1.29, 1.82) is 0 Å². The van der Waals surface area contributed by atoms with Gasteiger partial charge in [-0.25, -0.2) is 0 Å². The Labute approximate surface area is 301 Å². The summed E-state index contributed by atoms with van der Waals surface area (Å²) in [5, 5.41) is 22.9. The van der Waals surface area contributed by atoms with Gasteiger partial charge in [0, 0.05) is 6.42 Å². The molecule has 0 heterocycles. The summed E-state index contributed by atoms with van der Waals surface area (Å²) in [7, 11) is 0. The number of aliphatic hydroxyl groups is 2. The summed E-state index contributed by atoms with van der Waals surface area (Å²) in [6, 6.07) is -0.615. The highest BCUT2D eigenvalue weighted by Gasteiger charge is 2.17. The number of allylic oxidation sites excluding steroid dienone is 1. The van der Waals surface area contributed by atoms with Gasteiger partial charge in [0.2, 0.25) is 5.91 Å². The van der Waals surface area contributed by atoms with E-state index < -0.39 is 12.1 Å². The van der Waals surface area contributed by atoms with Gasteiger partial charge in [0.1, 0.15) is 0 Å². The van der Waals surface area contributed by atoms with E-state index in [-0.39, 0.29) is 12.5 Å². The highest BCUT2D eigenvalue weighted by atomic mass is 16.3. The predicted molar refractivity (Wildman–Crippen MR) is 212 cm³/mol. The van der Waals surface area contributed by atoms with Crippen molar-refractivity contribution in [2.24, 2.45) is 0 Å². The molecule has 0 aliphatic carbocycles. The Morgan fingerprint density at radius 1 is 0.479 bits per heavy atom. The molecule has 0 spiro atoms. The van der Waals surface area contributed by atoms with Crippen molar-refractivity contribution in [3.63, 3.8) is 0 Å². The fourth-order valence-corrected chi connectivity index (χ4v) is 6.89. The molecule has 0 bridgehead atoms. The molecule has 0 radical (unpaired) electrons. The number of carbonyl (C=O) groups excluding carboxylic acids is 1. The fraction of sp³-hybridized carbons (Fsp3) is 0.932. The third kappa shape index (κ3) is 36.4. The lowest BCUT2D eigenvalue weighted by Gasteiger charge is -2.20. The van der Waals surface area contributed by atoms with Gasteiger partial charge in [0.25, 0.3) is 0 Å². The van der Waals surface area contributed by atoms with Crippen LogP contribution in [0.5, 0.6) is 0 Å². The predicted octanol–water partition coefficient (Wildman–Crippen LogP) is 13.5. The first-order valence-electron chi connectivity index (χ1n) is 21.9. The molecule has 4 nitrogen and oxygen atoms in total. The molecule has 2 unspecified atom stereocenters. The van der Waals surface area contributed by atoms with Gasteiger partial charge in [-0.15, -0.1) is 0 Å². The lowest BCUT2D eigenvalue weighted by atomic mass is 10.0. The lowest BCUT2D eigenvalue weighted by molar-refractivity contribution is -0.123. The molecule has 0 aromatic rings. The normalized spacial score (nSPS) is 13.0. The van der Waals surface area contributed by atoms with E-state index in [4.69, 9.17) is 0 Å². The second kappa shape index (κ2) is 40.6. The van der Waals surface area contributed by atoms with Gasteiger partial charge >= 0.3 is 0 Å². The second-order valence-corrected chi connectivity index (χ2v) is 15.1. The van der Waals surface area contributed by atoms with Crippen LogP contribution in [0.25, 0.3) is 0 Å². The maximum atomic E-state index is 12.3. The third-order valence-corrected chi connectivity index (χ3v) is 10.3. The molecule has 2 atom stereocenters. The topological polar surface area (TPSA) is 69.6 Å². The molecular weight excluding hydrogens is 590 g/mol. The van der Waals surface area contributed by atoms with Gasteiger partial charge in [-0.05, 0) is 19.3 Å². The molecule has 4 heteroatoms. The molecular formula is C44H87NO3. The van der Waals surface area contributed by atoms with E-state index >= 15 is 0 Å². The summed E-state index contributed by atoms with van der Waals surface area (Å²) < 4.78 is 0. The molecule has 0 aliphatic heterocycles. The van der Waals surface area contributed by atoms with Crippen LogP contribution >= 0.6 is 0 Å². The van der Waals surface area contributed by atoms with E-state index in [2.05, 4.69) is 19.2 Å². The average Bonchev–Trinajstić information content (AvgIpc) is 3.09. The van der Waals surface area contributed by atoms with E-state index in [1.807, 2.05) is 6.08 Å². The third-order valence-electron chi connectivity index (χ3n) is 10.3. The summed E-state index contributed by atoms with van der Waals surface area (Å²) in [4.78, 5) is 12.3. The molecule has 1 amide bonds. The number of hydrogen-bond donors (Lipinski definition) is 3. The van der Waals surface area contributed by atoms with Crippen molar-refractivity contribution in [1.82, 2.24) is 5.32 Å². The van der Waals surface area contributed by atoms with Crippen LogP contribution in [0, 0.1) is 0 Å². The van der Waals surface area contributed by atoms with E-state index in [9.17, 15) is 15.0 Å². The Morgan fingerprint density at radius 3 is 1.08 bits per heavy atom. The Kier molecular flexibility index (Phi) is 39.8. The van der Waals surface area contributed by atoms with Crippen LogP contribution in [-0.4, -0.2) is 34.9 Å². The maximum absolute atomic E-state index is 12.3. The van der Waals surface area contributed by atoms with Crippen LogP contribution in [0.4, 0.5) is 0 Å². The lowest BCUT2D eigenvalue weighted by Crippen LogP contribution is -2.45. The number of amides is 1. The van der Waals surface area contributed by atoms with Crippen LogP contribution in [0.1, 0.15) is 245 Å². The van der Waals surface area contributed by atoms with Crippen LogP contribution in [-0.2, 0) is 4.79 Å². The molecule has 0 saturated carbocycles. The van der Waals surface area contributed by atoms with Crippen LogP contribution in [0.2, 0.25) is 0 Å². The number of hydrogen-bond acceptors (Lipinski definition) is 3. The first-order valence-corrected chi connectivity index (χ1v) is 21.9. The maximum Gasteiger partial charge on any atom is 0.220 e. The number of carbonyl (C=O) groups is 1. The summed E-state index contributed by atoms with van der Waals surface area (Å²) in [5.74, 6) is -0.0638. The van der Waals surface area contributed by atoms with Gasteiger partial charge < -0.3 is 15.5 Å². The van der Waals surface area contributed by atoms with Crippen molar-refractivity contribution in [3.05, 3.63) is 12.2 Å². The minimum atomic E-state index is -0.832. The molecule has 3 N–H and O–H groups in total. The molecule has 0 saturated heterocycles. The fourth-order valence-electron chi connectivity index (χ4n) is 6.89. The van der Waals surface area contributed by atoms with Gasteiger partial charge in [0.15, 0.2) is 0 Å². The highest BCUT2D eigenvalue weighted by Crippen LogP contribution is 2.16. The minimum absolute atomic E-state index is 0.0638. The quantitative estimate of drug-likeness (QED) is 0.0446. The second-order valence-electron chi connectivity index (χ2n) is 15.1. The van der Waals surface area contributed by atoms with Crippen LogP contribution < -0.4 is 5.32 Å². The number of unbranched alkanes of at least 4 members (excludes halogenated alkanes) is 33. The van der Waals surface area contributed by atoms with Crippen LogP contribution in [0.15, 0.2) is 12.2 Å². The summed E-state index contributed by atoms with van der Waals surface area (Å²) >= 11 is 0. The van der Waals surface area contributed by atoms with Gasteiger partial charge in [-0.3, -0.25) is 4.79 Å². The van der Waals surface area contributed by atoms with Crippen molar-refractivity contribution >= 4 is 5.91 Å². The summed E-state index contributed by atoms with van der Waals surface area (Å²) in [6.45, 7) is 4.31. The largest absolute Gasteiger partial charge is 0.394 e. The number of rotatable bonds is 40. The van der Waals surface area contributed by atoms with Gasteiger partial charge in [-0.2, -0.15) is 0 Å². The van der Waals surface area contributed by atoms with E-state index in [0.29, 0.717) is 6.42 Å². The smallest absolute Gasteiger partial charge is 0.220 e. The molecule has 0 aromatic heterocycles. The number of nitrogens with one attached hydrogen (secondary N) is 1. The van der Waals surface area contributed by atoms with Crippen molar-refractivity contribution in [3.8, 4) is 0 Å². The summed E-state index contributed by atoms with van der Waals surface area (Å²) in [6.07, 6.45) is 50.5. The van der Waals surface area contributed by atoms with E-state index in [1.54, 1.807) is 6.08 Å². The zero-order valence-electron chi connectivity index (χ0n) is 32.8. The van der Waals surface area contributed by atoms with Crippen LogP contribution in [0.3, 0.4) is 0 Å². The standard InChI is InChI=1S/C44H87NO3/c1-3-5-7-9-11-13-15-16-17-18-19-20-21-22-23-24-25-26-27-28-29-30-31-33-35-37-39-43(47)42(41-46)45-44(48)40-38-36-34-32-14-12-10-8-6-4-2/h37,39,42-43,46-47H,3-36,38,40-41H2,1-2H3,(H,45,48)/b39-37+. The van der Waals surface area contributed by atoms with Crippen molar-refractivity contribution < 1.29 is 15.0 Å². The minimum Gasteiger partial charge on any atom is -0.394 e. The monoisotopic (exact) mass is 678 g/mol. The number of aliphatic hydroxyl groups excluding tert-OH is 2. The zero-order valence-corrected chi connectivity index (χ0v) is 32.8. The van der Waals surface area contributed by atoms with E-state index in [1.165, 1.54) is 199 Å². The van der Waals surface area contributed by atoms with E-state index in [0.717, 1.165) is 25.7 Å². The molecule has 286 valence electrons. The zero-order chi connectivity index (χ0) is 35.0. The Hall–Kier alpha value is -0.870. The van der Waals surface area contributed by atoms with Crippen molar-refractivity contribution in [2.45, 2.75) is 257 Å². The molecule has 0 aliphatic rings. The molecule has 48 heavy (non-hydrogen) atoms. The Balaban J connectivity index is 3.46. The molecule has 0 aromatic carbocycles. The van der Waals surface area contributed by atoms with Gasteiger partial charge in [0.05, 0.1) is 18.8 Å². The Morgan fingerprint density at radius 2 is 0.771 bits per heavy atom. The summed E-state index contributed by atoms with van der Waals surface area (Å²) in [5.41, 5.74) is 0. The molecule has 0 fully saturated rings. The Bertz CT molecular complexity index is 651.